The van der Waals surface area contributed by atoms with Crippen LogP contribution in [0.2, 0.25) is 0 Å². The highest BCUT2D eigenvalue weighted by atomic mass is 16.6. The molecule has 0 aliphatic heterocycles. The van der Waals surface area contributed by atoms with Crippen molar-refractivity contribution in [2.45, 2.75) is 32.1 Å². The van der Waals surface area contributed by atoms with E-state index in [2.05, 4.69) is 0 Å². The fourth-order valence-corrected chi connectivity index (χ4v) is 2.62. The predicted octanol–water partition coefficient (Wildman–Crippen LogP) is 2.22. The van der Waals surface area contributed by atoms with Gasteiger partial charge in [0.1, 0.15) is 17.5 Å². The summed E-state index contributed by atoms with van der Waals surface area (Å²) in [4.78, 5) is 44.4. The molecule has 8 nitrogen and oxygen atoms in total. The number of nitro benzene ring substituents is 2. The first-order valence-corrected chi connectivity index (χ1v) is 6.31. The topological polar surface area (TPSA) is 120 Å². The quantitative estimate of drug-likeness (QED) is 0.478. The van der Waals surface area contributed by atoms with E-state index in [1.807, 2.05) is 0 Å². The number of hydrogen-bond acceptors (Lipinski definition) is 6. The highest BCUT2D eigenvalue weighted by molar-refractivity contribution is 6.10. The van der Waals surface area contributed by atoms with E-state index in [0.29, 0.717) is 6.42 Å². The third-order valence-corrected chi connectivity index (χ3v) is 3.54. The summed E-state index contributed by atoms with van der Waals surface area (Å²) in [5, 5.41) is 22.0. The van der Waals surface area contributed by atoms with Gasteiger partial charge >= 0.3 is 0 Å². The van der Waals surface area contributed by atoms with Crippen LogP contribution >= 0.6 is 0 Å². The van der Waals surface area contributed by atoms with Crippen LogP contribution < -0.4 is 0 Å². The minimum Gasteiger partial charge on any atom is -0.299 e. The number of benzene rings is 1. The van der Waals surface area contributed by atoms with Crippen molar-refractivity contribution in [2.24, 2.45) is 0 Å². The molecule has 0 N–H and O–H groups in total. The monoisotopic (exact) mass is 292 g/mol. The number of aryl methyl sites for hydroxylation is 1. The van der Waals surface area contributed by atoms with E-state index in [0.717, 1.165) is 12.1 Å². The Bertz CT molecular complexity index is 651. The number of nitro groups is 2. The summed E-state index contributed by atoms with van der Waals surface area (Å²) in [7, 11) is 0. The maximum atomic E-state index is 12.0. The van der Waals surface area contributed by atoms with Crippen molar-refractivity contribution in [3.8, 4) is 0 Å². The minimum absolute atomic E-state index is 0.0136. The molecule has 0 amide bonds. The van der Waals surface area contributed by atoms with E-state index in [1.165, 1.54) is 6.92 Å². The standard InChI is InChI=1S/C13H12N2O6/c1-7-5-8(14(18)19)6-9(15(20)21)12(7)13-10(16)3-2-4-11(13)17/h5-6,13H,2-4H2,1H3. The van der Waals surface area contributed by atoms with Gasteiger partial charge in [0.2, 0.25) is 0 Å². The molecule has 1 fully saturated rings. The van der Waals surface area contributed by atoms with Crippen LogP contribution in [0, 0.1) is 27.2 Å². The van der Waals surface area contributed by atoms with Crippen LogP contribution in [0.5, 0.6) is 0 Å². The van der Waals surface area contributed by atoms with Crippen molar-refractivity contribution < 1.29 is 19.4 Å². The van der Waals surface area contributed by atoms with Crippen molar-refractivity contribution in [3.05, 3.63) is 43.5 Å². The Morgan fingerprint density at radius 3 is 2.10 bits per heavy atom. The number of carbonyl (C=O) groups is 2. The average Bonchev–Trinajstić information content (AvgIpc) is 2.39. The van der Waals surface area contributed by atoms with Crippen molar-refractivity contribution in [1.29, 1.82) is 0 Å². The first kappa shape index (κ1) is 14.8. The van der Waals surface area contributed by atoms with Gasteiger partial charge in [-0.1, -0.05) is 0 Å². The number of carbonyl (C=O) groups excluding carboxylic acids is 2. The summed E-state index contributed by atoms with van der Waals surface area (Å²) in [5.41, 5.74) is -0.779. The van der Waals surface area contributed by atoms with E-state index in [9.17, 15) is 29.8 Å². The third-order valence-electron chi connectivity index (χ3n) is 3.54. The molecule has 110 valence electrons. The van der Waals surface area contributed by atoms with Crippen LogP contribution in [0.4, 0.5) is 11.4 Å². The lowest BCUT2D eigenvalue weighted by Gasteiger charge is -2.21. The first-order chi connectivity index (χ1) is 9.82. The number of hydrogen-bond donors (Lipinski definition) is 0. The Morgan fingerprint density at radius 1 is 1.05 bits per heavy atom. The van der Waals surface area contributed by atoms with E-state index < -0.39 is 27.1 Å². The number of Topliss-reactive ketones (excluding diaryl/α,β-unsaturated/α-hetero) is 2. The zero-order valence-corrected chi connectivity index (χ0v) is 11.2. The SMILES string of the molecule is Cc1cc([N+](=O)[O-])cc([N+](=O)[O-])c1C1C(=O)CCCC1=O. The van der Waals surface area contributed by atoms with E-state index in [4.69, 9.17) is 0 Å². The Morgan fingerprint density at radius 2 is 1.62 bits per heavy atom. The average molecular weight is 292 g/mol. The Hall–Kier alpha value is -2.64. The van der Waals surface area contributed by atoms with Gasteiger partial charge in [0, 0.05) is 18.9 Å². The Balaban J connectivity index is 2.67. The molecule has 0 aromatic heterocycles. The van der Waals surface area contributed by atoms with Gasteiger partial charge in [-0.25, -0.2) is 0 Å². The molecule has 0 saturated heterocycles. The molecule has 1 aliphatic carbocycles. The Kier molecular flexibility index (Phi) is 3.79. The van der Waals surface area contributed by atoms with Crippen LogP contribution in [0.15, 0.2) is 12.1 Å². The molecule has 0 atom stereocenters. The lowest BCUT2D eigenvalue weighted by atomic mass is 9.79. The summed E-state index contributed by atoms with van der Waals surface area (Å²) in [6, 6.07) is 1.95. The first-order valence-electron chi connectivity index (χ1n) is 6.31. The number of rotatable bonds is 3. The number of nitrogens with zero attached hydrogens (tertiary/aromatic N) is 2. The zero-order valence-electron chi connectivity index (χ0n) is 11.2. The molecule has 1 saturated carbocycles. The van der Waals surface area contributed by atoms with Crippen LogP contribution in [0.3, 0.4) is 0 Å². The van der Waals surface area contributed by atoms with Gasteiger partial charge in [0.15, 0.2) is 0 Å². The second kappa shape index (κ2) is 5.39. The van der Waals surface area contributed by atoms with E-state index >= 15 is 0 Å². The summed E-state index contributed by atoms with van der Waals surface area (Å²) in [6.45, 7) is 1.44. The van der Waals surface area contributed by atoms with E-state index in [-0.39, 0.29) is 35.5 Å². The van der Waals surface area contributed by atoms with Crippen molar-refractivity contribution >= 4 is 22.9 Å². The van der Waals surface area contributed by atoms with Gasteiger partial charge < -0.3 is 0 Å². The van der Waals surface area contributed by atoms with Crippen LogP contribution in [-0.2, 0) is 9.59 Å². The van der Waals surface area contributed by atoms with Gasteiger partial charge in [-0.15, -0.1) is 0 Å². The fourth-order valence-electron chi connectivity index (χ4n) is 2.62. The molecule has 0 unspecified atom stereocenters. The van der Waals surface area contributed by atoms with Crippen LogP contribution in [0.25, 0.3) is 0 Å². The van der Waals surface area contributed by atoms with Gasteiger partial charge in [-0.05, 0) is 18.9 Å². The predicted molar refractivity (Wildman–Crippen MR) is 71.1 cm³/mol. The molecule has 2 rings (SSSR count). The maximum Gasteiger partial charge on any atom is 0.280 e. The molecule has 1 aliphatic rings. The van der Waals surface area contributed by atoms with Gasteiger partial charge in [0.25, 0.3) is 11.4 Å². The molecular formula is C13H12N2O6. The minimum atomic E-state index is -1.18. The van der Waals surface area contributed by atoms with Gasteiger partial charge in [-0.2, -0.15) is 0 Å². The number of non-ortho nitro benzene ring substituents is 1. The molecule has 0 bridgehead atoms. The second-order valence-electron chi connectivity index (χ2n) is 4.93. The largest absolute Gasteiger partial charge is 0.299 e. The molecule has 0 heterocycles. The molecular weight excluding hydrogens is 280 g/mol. The highest BCUT2D eigenvalue weighted by Crippen LogP contribution is 2.37. The smallest absolute Gasteiger partial charge is 0.280 e. The summed E-state index contributed by atoms with van der Waals surface area (Å²) in [5.74, 6) is -1.92. The Labute approximate surface area is 119 Å². The molecule has 0 radical (unpaired) electrons. The molecule has 8 heteroatoms. The van der Waals surface area contributed by atoms with Crippen molar-refractivity contribution in [1.82, 2.24) is 0 Å². The summed E-state index contributed by atoms with van der Waals surface area (Å²) < 4.78 is 0. The van der Waals surface area contributed by atoms with Gasteiger partial charge in [0.05, 0.1) is 21.5 Å². The molecule has 0 spiro atoms. The van der Waals surface area contributed by atoms with E-state index in [1.54, 1.807) is 0 Å². The number of ketones is 2. The van der Waals surface area contributed by atoms with Crippen molar-refractivity contribution in [3.63, 3.8) is 0 Å². The fraction of sp³-hybridized carbons (Fsp3) is 0.385. The maximum absolute atomic E-state index is 12.0. The van der Waals surface area contributed by atoms with Crippen molar-refractivity contribution in [2.75, 3.05) is 0 Å². The molecule has 1 aromatic rings. The van der Waals surface area contributed by atoms with Crippen LogP contribution in [0.1, 0.15) is 36.3 Å². The lowest BCUT2D eigenvalue weighted by molar-refractivity contribution is -0.394. The zero-order chi connectivity index (χ0) is 15.7. The summed E-state index contributed by atoms with van der Waals surface area (Å²) >= 11 is 0. The molecule has 21 heavy (non-hydrogen) atoms. The third kappa shape index (κ3) is 2.64. The second-order valence-corrected chi connectivity index (χ2v) is 4.93. The lowest BCUT2D eigenvalue weighted by Crippen LogP contribution is -2.28. The summed E-state index contributed by atoms with van der Waals surface area (Å²) in [6.07, 6.45) is 0.808. The normalized spacial score (nSPS) is 16.0. The highest BCUT2D eigenvalue weighted by Gasteiger charge is 2.38. The van der Waals surface area contributed by atoms with Gasteiger partial charge in [-0.3, -0.25) is 29.8 Å². The molecule has 1 aromatic carbocycles. The van der Waals surface area contributed by atoms with Crippen LogP contribution in [-0.4, -0.2) is 21.4 Å².